The maximum atomic E-state index is 12.2. The first-order valence-electron chi connectivity index (χ1n) is 8.34. The number of β-amino-alcohol motifs (C(OH)–C–C–N with tert-alkyl or cyclic N) is 1. The van der Waals surface area contributed by atoms with Gasteiger partial charge in [0.15, 0.2) is 0 Å². The Morgan fingerprint density at radius 1 is 1.42 bits per heavy atom. The van der Waals surface area contributed by atoms with Crippen LogP contribution in [0.15, 0.2) is 35.7 Å². The quantitative estimate of drug-likeness (QED) is 0.895. The van der Waals surface area contributed by atoms with Gasteiger partial charge in [-0.15, -0.1) is 11.3 Å². The third-order valence-corrected chi connectivity index (χ3v) is 5.38. The molecule has 2 atom stereocenters. The van der Waals surface area contributed by atoms with Gasteiger partial charge in [-0.2, -0.15) is 0 Å². The Labute approximate surface area is 146 Å². The van der Waals surface area contributed by atoms with Crippen LogP contribution in [0.3, 0.4) is 0 Å². The highest BCUT2D eigenvalue weighted by Gasteiger charge is 2.26. The van der Waals surface area contributed by atoms with E-state index in [0.717, 1.165) is 22.7 Å². The van der Waals surface area contributed by atoms with Crippen molar-refractivity contribution in [3.8, 4) is 10.6 Å². The lowest BCUT2D eigenvalue weighted by Gasteiger charge is -2.34. The van der Waals surface area contributed by atoms with E-state index in [-0.39, 0.29) is 11.9 Å². The number of hydrogen-bond acceptors (Lipinski definition) is 4. The molecule has 0 aliphatic carbocycles. The zero-order valence-electron chi connectivity index (χ0n) is 13.8. The number of urea groups is 1. The van der Waals surface area contributed by atoms with Gasteiger partial charge in [-0.1, -0.05) is 37.3 Å². The fourth-order valence-corrected chi connectivity index (χ4v) is 3.64. The van der Waals surface area contributed by atoms with Crippen molar-refractivity contribution in [3.63, 3.8) is 0 Å². The number of likely N-dealkylation sites (tertiary alicyclic amines) is 1. The highest BCUT2D eigenvalue weighted by molar-refractivity contribution is 7.13. The largest absolute Gasteiger partial charge is 0.391 e. The number of aliphatic hydroxyl groups excluding tert-OH is 1. The lowest BCUT2D eigenvalue weighted by atomic mass is 9.96. The molecule has 0 spiro atoms. The van der Waals surface area contributed by atoms with E-state index in [1.54, 1.807) is 16.2 Å². The number of piperidine rings is 1. The Balaban J connectivity index is 1.47. The van der Waals surface area contributed by atoms with Crippen molar-refractivity contribution in [2.45, 2.75) is 25.9 Å². The molecule has 0 radical (unpaired) electrons. The second kappa shape index (κ2) is 7.77. The van der Waals surface area contributed by atoms with Gasteiger partial charge in [0, 0.05) is 37.0 Å². The molecule has 6 heteroatoms. The van der Waals surface area contributed by atoms with Crippen molar-refractivity contribution in [2.75, 3.05) is 19.6 Å². The molecule has 2 amide bonds. The normalized spacial score (nSPS) is 20.8. The molecule has 1 aliphatic rings. The van der Waals surface area contributed by atoms with E-state index in [2.05, 4.69) is 10.3 Å². The third kappa shape index (κ3) is 4.13. The van der Waals surface area contributed by atoms with Gasteiger partial charge in [0.05, 0.1) is 11.8 Å². The van der Waals surface area contributed by atoms with Gasteiger partial charge in [0.25, 0.3) is 0 Å². The van der Waals surface area contributed by atoms with Crippen molar-refractivity contribution in [1.82, 2.24) is 15.2 Å². The Morgan fingerprint density at radius 2 is 2.21 bits per heavy atom. The van der Waals surface area contributed by atoms with Crippen molar-refractivity contribution >= 4 is 17.4 Å². The van der Waals surface area contributed by atoms with Crippen LogP contribution in [0.2, 0.25) is 0 Å². The van der Waals surface area contributed by atoms with Crippen molar-refractivity contribution in [3.05, 3.63) is 41.4 Å². The number of aromatic nitrogens is 1. The van der Waals surface area contributed by atoms with Crippen LogP contribution in [0, 0.1) is 5.92 Å². The van der Waals surface area contributed by atoms with Crippen molar-refractivity contribution in [2.24, 2.45) is 5.92 Å². The zero-order chi connectivity index (χ0) is 16.9. The number of amides is 2. The molecule has 1 saturated heterocycles. The van der Waals surface area contributed by atoms with Crippen LogP contribution in [0.1, 0.15) is 19.0 Å². The molecule has 24 heavy (non-hydrogen) atoms. The van der Waals surface area contributed by atoms with Gasteiger partial charge in [-0.05, 0) is 12.3 Å². The molecule has 1 aliphatic heterocycles. The van der Waals surface area contributed by atoms with E-state index in [1.165, 1.54) is 0 Å². The molecule has 1 fully saturated rings. The first-order valence-corrected chi connectivity index (χ1v) is 9.22. The van der Waals surface area contributed by atoms with E-state index in [9.17, 15) is 9.90 Å². The van der Waals surface area contributed by atoms with Crippen LogP contribution < -0.4 is 5.32 Å². The molecule has 128 valence electrons. The maximum absolute atomic E-state index is 12.2. The second-order valence-corrected chi connectivity index (χ2v) is 7.13. The second-order valence-electron chi connectivity index (χ2n) is 6.27. The van der Waals surface area contributed by atoms with Crippen LogP contribution in [-0.2, 0) is 6.42 Å². The Bertz CT molecular complexity index is 674. The van der Waals surface area contributed by atoms with Crippen LogP contribution in [-0.4, -0.2) is 46.8 Å². The molecule has 5 nitrogen and oxygen atoms in total. The van der Waals surface area contributed by atoms with Gasteiger partial charge >= 0.3 is 6.03 Å². The zero-order valence-corrected chi connectivity index (χ0v) is 14.6. The summed E-state index contributed by atoms with van der Waals surface area (Å²) >= 11 is 1.62. The van der Waals surface area contributed by atoms with Gasteiger partial charge in [0.1, 0.15) is 5.01 Å². The Morgan fingerprint density at radius 3 is 2.96 bits per heavy atom. The van der Waals surface area contributed by atoms with Crippen LogP contribution in [0.25, 0.3) is 10.6 Å². The molecule has 0 saturated carbocycles. The number of thiazole rings is 1. The van der Waals surface area contributed by atoms with Crippen LogP contribution in [0.5, 0.6) is 0 Å². The number of nitrogens with one attached hydrogen (secondary N) is 1. The first kappa shape index (κ1) is 16.9. The number of rotatable bonds is 4. The number of carbonyl (C=O) groups excluding carboxylic acids is 1. The summed E-state index contributed by atoms with van der Waals surface area (Å²) in [4.78, 5) is 18.5. The summed E-state index contributed by atoms with van der Waals surface area (Å²) in [5, 5.41) is 15.9. The van der Waals surface area contributed by atoms with Crippen LogP contribution in [0.4, 0.5) is 4.79 Å². The van der Waals surface area contributed by atoms with E-state index in [4.69, 9.17) is 0 Å². The standard InChI is InChI=1S/C18H23N3O2S/c1-13-8-10-21(11-16(13)22)18(23)19-9-7-15-12-24-17(20-15)14-5-3-2-4-6-14/h2-6,12-13,16,22H,7-11H2,1H3,(H,19,23). The molecular weight excluding hydrogens is 322 g/mol. The summed E-state index contributed by atoms with van der Waals surface area (Å²) < 4.78 is 0. The number of nitrogens with zero attached hydrogens (tertiary/aromatic N) is 2. The summed E-state index contributed by atoms with van der Waals surface area (Å²) in [5.41, 5.74) is 2.11. The van der Waals surface area contributed by atoms with Gasteiger partial charge in [0.2, 0.25) is 0 Å². The molecule has 0 bridgehead atoms. The molecule has 2 unspecified atom stereocenters. The molecule has 2 N–H and O–H groups in total. The van der Waals surface area contributed by atoms with Crippen molar-refractivity contribution in [1.29, 1.82) is 0 Å². The minimum absolute atomic E-state index is 0.0977. The average Bonchev–Trinajstić information content (AvgIpc) is 3.07. The Hall–Kier alpha value is -1.92. The monoisotopic (exact) mass is 345 g/mol. The Kier molecular flexibility index (Phi) is 5.48. The van der Waals surface area contributed by atoms with E-state index >= 15 is 0 Å². The minimum atomic E-state index is -0.420. The fourth-order valence-electron chi connectivity index (χ4n) is 2.78. The highest BCUT2D eigenvalue weighted by Crippen LogP contribution is 2.23. The molecular formula is C18H23N3O2S. The number of aliphatic hydroxyl groups is 1. The van der Waals surface area contributed by atoms with Crippen LogP contribution >= 0.6 is 11.3 Å². The SMILES string of the molecule is CC1CCN(C(=O)NCCc2csc(-c3ccccc3)n2)CC1O. The van der Waals surface area contributed by atoms with Crippen molar-refractivity contribution < 1.29 is 9.90 Å². The number of benzene rings is 1. The van der Waals surface area contributed by atoms with Gasteiger partial charge < -0.3 is 15.3 Å². The van der Waals surface area contributed by atoms with Gasteiger partial charge in [-0.25, -0.2) is 9.78 Å². The molecule has 1 aromatic heterocycles. The molecule has 3 rings (SSSR count). The predicted molar refractivity (Wildman–Crippen MR) is 96.0 cm³/mol. The topological polar surface area (TPSA) is 65.5 Å². The first-order chi connectivity index (χ1) is 11.6. The number of carbonyl (C=O) groups is 1. The lowest BCUT2D eigenvalue weighted by molar-refractivity contribution is 0.0436. The van der Waals surface area contributed by atoms with E-state index in [0.29, 0.717) is 26.1 Å². The summed E-state index contributed by atoms with van der Waals surface area (Å²) in [6.07, 6.45) is 1.14. The highest BCUT2D eigenvalue weighted by atomic mass is 32.1. The molecule has 2 aromatic rings. The average molecular weight is 345 g/mol. The molecule has 1 aromatic carbocycles. The minimum Gasteiger partial charge on any atom is -0.391 e. The van der Waals surface area contributed by atoms with E-state index in [1.807, 2.05) is 42.6 Å². The van der Waals surface area contributed by atoms with Gasteiger partial charge in [-0.3, -0.25) is 0 Å². The lowest BCUT2D eigenvalue weighted by Crippen LogP contribution is -2.49. The maximum Gasteiger partial charge on any atom is 0.317 e. The smallest absolute Gasteiger partial charge is 0.317 e. The molecule has 2 heterocycles. The summed E-state index contributed by atoms with van der Waals surface area (Å²) in [7, 11) is 0. The van der Waals surface area contributed by atoms with E-state index < -0.39 is 6.10 Å². The summed E-state index contributed by atoms with van der Waals surface area (Å²) in [6, 6.07) is 10.0. The predicted octanol–water partition coefficient (Wildman–Crippen LogP) is 2.76. The number of hydrogen-bond donors (Lipinski definition) is 2. The fraction of sp³-hybridized carbons (Fsp3) is 0.444. The summed E-state index contributed by atoms with van der Waals surface area (Å²) in [6.45, 7) is 3.70. The third-order valence-electron chi connectivity index (χ3n) is 4.44. The summed E-state index contributed by atoms with van der Waals surface area (Å²) in [5.74, 6) is 0.264.